The molecule has 0 aromatic heterocycles. The smallest absolute Gasteiger partial charge is 0.186 e. The van der Waals surface area contributed by atoms with E-state index in [4.69, 9.17) is 19.7 Å². The summed E-state index contributed by atoms with van der Waals surface area (Å²) in [7, 11) is 0. The number of ether oxygens (including phenoxy) is 3. The van der Waals surface area contributed by atoms with Crippen molar-refractivity contribution in [2.45, 2.75) is 37.1 Å². The van der Waals surface area contributed by atoms with Gasteiger partial charge in [0.05, 0.1) is 12.7 Å². The van der Waals surface area contributed by atoms with Crippen molar-refractivity contribution in [1.29, 1.82) is 0 Å². The molecule has 2 bridgehead atoms. The van der Waals surface area contributed by atoms with Gasteiger partial charge in [-0.1, -0.05) is 0 Å². The van der Waals surface area contributed by atoms with E-state index in [-0.39, 0.29) is 6.54 Å². The van der Waals surface area contributed by atoms with E-state index in [0.29, 0.717) is 19.6 Å². The first-order chi connectivity index (χ1) is 8.24. The highest BCUT2D eigenvalue weighted by Gasteiger charge is 2.45. The standard InChI is InChI=1S/C9H16N3O5/c10-12-11-4-5-8-6(13)7(14)9(17-5)16-3-1-2-15-8/h5-9,13-14H,1-4H2,(H-,10,11)/q-1. The normalized spacial score (nSPS) is 42.4. The molecular weight excluding hydrogens is 230 g/mol. The van der Waals surface area contributed by atoms with Crippen molar-refractivity contribution >= 4 is 0 Å². The number of aliphatic hydroxyl groups is 2. The summed E-state index contributed by atoms with van der Waals surface area (Å²) in [6.07, 6.45) is -3.66. The summed E-state index contributed by atoms with van der Waals surface area (Å²) >= 11 is 0. The zero-order valence-corrected chi connectivity index (χ0v) is 9.23. The lowest BCUT2D eigenvalue weighted by Gasteiger charge is -2.42. The van der Waals surface area contributed by atoms with Gasteiger partial charge in [-0.25, -0.2) is 0 Å². The quantitative estimate of drug-likeness (QED) is 0.424. The summed E-state index contributed by atoms with van der Waals surface area (Å²) < 4.78 is 16.2. The molecule has 3 heterocycles. The number of hydrogen-bond donors (Lipinski definition) is 3. The fourth-order valence-corrected chi connectivity index (χ4v) is 2.02. The van der Waals surface area contributed by atoms with Crippen LogP contribution in [0.1, 0.15) is 6.42 Å². The number of nitrogens with one attached hydrogen (secondary N) is 1. The van der Waals surface area contributed by atoms with Gasteiger partial charge in [0.15, 0.2) is 6.29 Å². The van der Waals surface area contributed by atoms with Gasteiger partial charge in [0.1, 0.15) is 18.3 Å². The van der Waals surface area contributed by atoms with Crippen LogP contribution in [-0.2, 0) is 14.2 Å². The zero-order chi connectivity index (χ0) is 12.3. The second-order valence-electron chi connectivity index (χ2n) is 4.05. The monoisotopic (exact) mass is 246 g/mol. The molecule has 5 atom stereocenters. The van der Waals surface area contributed by atoms with Crippen LogP contribution in [0.25, 0.3) is 5.53 Å². The Morgan fingerprint density at radius 3 is 2.76 bits per heavy atom. The maximum atomic E-state index is 9.91. The molecule has 3 saturated heterocycles. The summed E-state index contributed by atoms with van der Waals surface area (Å²) in [5, 5.41) is 22.4. The van der Waals surface area contributed by atoms with Crippen molar-refractivity contribution in [3.8, 4) is 0 Å². The van der Waals surface area contributed by atoms with Crippen molar-refractivity contribution in [2.75, 3.05) is 19.8 Å². The van der Waals surface area contributed by atoms with E-state index in [1.54, 1.807) is 0 Å². The van der Waals surface area contributed by atoms with Crippen LogP contribution in [0.3, 0.4) is 0 Å². The third kappa shape index (κ3) is 2.72. The Balaban J connectivity index is 2.10. The molecule has 98 valence electrons. The molecule has 5 unspecified atom stereocenters. The maximum absolute atomic E-state index is 9.91. The molecule has 3 N–H and O–H groups in total. The van der Waals surface area contributed by atoms with E-state index in [2.05, 4.69) is 10.6 Å². The van der Waals surface area contributed by atoms with Crippen LogP contribution < -0.4 is 5.43 Å². The number of fused-ring (bicyclic) bond motifs is 6. The topological polar surface area (TPSA) is 115 Å². The number of nitrogens with zero attached hydrogens (tertiary/aromatic N) is 2. The van der Waals surface area contributed by atoms with Crippen molar-refractivity contribution < 1.29 is 24.4 Å². The van der Waals surface area contributed by atoms with Gasteiger partial charge < -0.3 is 35.4 Å². The molecule has 0 spiro atoms. The van der Waals surface area contributed by atoms with Crippen LogP contribution in [0, 0.1) is 0 Å². The van der Waals surface area contributed by atoms with Gasteiger partial charge in [-0.2, -0.15) is 0 Å². The van der Waals surface area contributed by atoms with Gasteiger partial charge >= 0.3 is 0 Å². The summed E-state index contributed by atoms with van der Waals surface area (Å²) in [4.78, 5) is 0. The Hall–Kier alpha value is -0.800. The van der Waals surface area contributed by atoms with E-state index in [0.717, 1.165) is 0 Å². The molecule has 8 heteroatoms. The first kappa shape index (κ1) is 12.7. The van der Waals surface area contributed by atoms with Crippen LogP contribution in [0.5, 0.6) is 0 Å². The SMILES string of the molecule is [N-]=NNCC1OC2OCCCOC1C(O)C2O. The maximum Gasteiger partial charge on any atom is 0.186 e. The lowest BCUT2D eigenvalue weighted by atomic mass is 9.98. The van der Waals surface area contributed by atoms with E-state index in [1.165, 1.54) is 0 Å². The van der Waals surface area contributed by atoms with Gasteiger partial charge in [0.2, 0.25) is 0 Å². The molecule has 3 rings (SSSR count). The van der Waals surface area contributed by atoms with E-state index >= 15 is 0 Å². The summed E-state index contributed by atoms with van der Waals surface area (Å²) in [6.45, 7) is 0.966. The fraction of sp³-hybridized carbons (Fsp3) is 1.00. The molecular formula is C9H16N3O5-. The average Bonchev–Trinajstić information content (AvgIpc) is 2.47. The highest BCUT2D eigenvalue weighted by Crippen LogP contribution is 2.25. The second kappa shape index (κ2) is 5.69. The largest absolute Gasteiger partial charge is 0.411 e. The highest BCUT2D eigenvalue weighted by atomic mass is 16.7. The van der Waals surface area contributed by atoms with Crippen molar-refractivity contribution in [2.24, 2.45) is 5.22 Å². The third-order valence-corrected chi connectivity index (χ3v) is 2.88. The minimum Gasteiger partial charge on any atom is -0.411 e. The second-order valence-corrected chi connectivity index (χ2v) is 4.05. The number of aliphatic hydroxyl groups excluding tert-OH is 2. The molecule has 3 aliphatic heterocycles. The lowest BCUT2D eigenvalue weighted by molar-refractivity contribution is -0.292. The van der Waals surface area contributed by atoms with Crippen LogP contribution >= 0.6 is 0 Å². The first-order valence-corrected chi connectivity index (χ1v) is 5.56. The van der Waals surface area contributed by atoms with Gasteiger partial charge in [0, 0.05) is 6.61 Å². The molecule has 0 radical (unpaired) electrons. The molecule has 3 aliphatic rings. The van der Waals surface area contributed by atoms with Crippen molar-refractivity contribution in [3.63, 3.8) is 0 Å². The summed E-state index contributed by atoms with van der Waals surface area (Å²) in [6, 6.07) is 0. The summed E-state index contributed by atoms with van der Waals surface area (Å²) in [5.74, 6) is 0. The minimum atomic E-state index is -1.14. The molecule has 0 amide bonds. The van der Waals surface area contributed by atoms with Crippen LogP contribution in [0.15, 0.2) is 5.22 Å². The Morgan fingerprint density at radius 2 is 2.00 bits per heavy atom. The lowest BCUT2D eigenvalue weighted by Crippen LogP contribution is -2.60. The Labute approximate surface area is 98.3 Å². The zero-order valence-electron chi connectivity index (χ0n) is 9.23. The molecule has 0 aromatic carbocycles. The Bertz CT molecular complexity index is 265. The molecule has 17 heavy (non-hydrogen) atoms. The summed E-state index contributed by atoms with van der Waals surface area (Å²) in [5.41, 5.74) is 10.7. The molecule has 0 aliphatic carbocycles. The fourth-order valence-electron chi connectivity index (χ4n) is 2.02. The van der Waals surface area contributed by atoms with Crippen LogP contribution in [-0.4, -0.2) is 60.7 Å². The van der Waals surface area contributed by atoms with Crippen molar-refractivity contribution in [3.05, 3.63) is 5.53 Å². The van der Waals surface area contributed by atoms with E-state index < -0.39 is 30.7 Å². The van der Waals surface area contributed by atoms with E-state index in [9.17, 15) is 10.2 Å². The Kier molecular flexibility index (Phi) is 4.24. The first-order valence-electron chi connectivity index (χ1n) is 5.56. The van der Waals surface area contributed by atoms with Crippen LogP contribution in [0.2, 0.25) is 0 Å². The molecule has 0 saturated carbocycles. The predicted molar refractivity (Wildman–Crippen MR) is 54.8 cm³/mol. The van der Waals surface area contributed by atoms with Crippen LogP contribution in [0.4, 0.5) is 0 Å². The molecule has 3 fully saturated rings. The van der Waals surface area contributed by atoms with Gasteiger partial charge in [-0.3, -0.25) is 5.22 Å². The number of rotatable bonds is 3. The minimum absolute atomic E-state index is 0.158. The van der Waals surface area contributed by atoms with E-state index in [1.807, 2.05) is 0 Å². The Morgan fingerprint density at radius 1 is 1.24 bits per heavy atom. The third-order valence-electron chi connectivity index (χ3n) is 2.88. The average molecular weight is 246 g/mol. The molecule has 8 nitrogen and oxygen atoms in total. The van der Waals surface area contributed by atoms with Crippen molar-refractivity contribution in [1.82, 2.24) is 5.43 Å². The highest BCUT2D eigenvalue weighted by molar-refractivity contribution is 4.91. The van der Waals surface area contributed by atoms with Gasteiger partial charge in [-0.05, 0) is 13.0 Å². The molecule has 0 aromatic rings. The van der Waals surface area contributed by atoms with Gasteiger partial charge in [0.25, 0.3) is 0 Å². The predicted octanol–water partition coefficient (Wildman–Crippen LogP) is -1.24. The van der Waals surface area contributed by atoms with Gasteiger partial charge in [-0.15, -0.1) is 0 Å². The number of hydrogen-bond acceptors (Lipinski definition) is 6.